The van der Waals surface area contributed by atoms with Crippen LogP contribution in [-0.4, -0.2) is 17.6 Å². The Labute approximate surface area is 151 Å². The molecule has 2 aromatic carbocycles. The van der Waals surface area contributed by atoms with Crippen molar-refractivity contribution in [3.8, 4) is 17.5 Å². The van der Waals surface area contributed by atoms with E-state index in [2.05, 4.69) is 0 Å². The molecule has 0 radical (unpaired) electrons. The standard InChI is InChI=1S/C20H17N3O3/c1-25-20(24)19-18(22)15(11-21)12-23(19)16-7-5-6-14(10-16)13-26-17-8-3-2-4-9-17/h2-10,12H,13,22H2,1H3. The number of carbonyl (C=O) groups is 1. The summed E-state index contributed by atoms with van der Waals surface area (Å²) < 4.78 is 12.1. The highest BCUT2D eigenvalue weighted by Crippen LogP contribution is 2.25. The molecule has 0 bridgehead atoms. The van der Waals surface area contributed by atoms with Gasteiger partial charge in [0.2, 0.25) is 0 Å². The Morgan fingerprint density at radius 3 is 2.65 bits per heavy atom. The van der Waals surface area contributed by atoms with Crippen LogP contribution in [0.5, 0.6) is 5.75 Å². The number of aromatic nitrogens is 1. The van der Waals surface area contributed by atoms with Gasteiger partial charge in [-0.05, 0) is 29.8 Å². The smallest absolute Gasteiger partial charge is 0.357 e. The van der Waals surface area contributed by atoms with Crippen LogP contribution in [0.15, 0.2) is 60.8 Å². The van der Waals surface area contributed by atoms with E-state index in [0.717, 1.165) is 11.3 Å². The van der Waals surface area contributed by atoms with Crippen molar-refractivity contribution in [2.24, 2.45) is 0 Å². The third kappa shape index (κ3) is 3.37. The van der Waals surface area contributed by atoms with Crippen molar-refractivity contribution in [3.63, 3.8) is 0 Å². The second kappa shape index (κ2) is 7.45. The number of nitriles is 1. The number of nitrogen functional groups attached to an aromatic ring is 1. The molecule has 130 valence electrons. The molecule has 0 unspecified atom stereocenters. The van der Waals surface area contributed by atoms with Crippen LogP contribution in [0.25, 0.3) is 5.69 Å². The molecule has 0 spiro atoms. The molecule has 0 fully saturated rings. The minimum absolute atomic E-state index is 0.102. The zero-order valence-electron chi connectivity index (χ0n) is 14.2. The van der Waals surface area contributed by atoms with Crippen molar-refractivity contribution in [1.29, 1.82) is 5.26 Å². The number of para-hydroxylation sites is 1. The maximum Gasteiger partial charge on any atom is 0.357 e. The lowest BCUT2D eigenvalue weighted by molar-refractivity contribution is 0.0593. The molecule has 26 heavy (non-hydrogen) atoms. The van der Waals surface area contributed by atoms with Gasteiger partial charge in [-0.25, -0.2) is 4.79 Å². The fourth-order valence-corrected chi connectivity index (χ4v) is 2.60. The highest BCUT2D eigenvalue weighted by Gasteiger charge is 2.21. The summed E-state index contributed by atoms with van der Waals surface area (Å²) in [6, 6.07) is 18.9. The largest absolute Gasteiger partial charge is 0.489 e. The van der Waals surface area contributed by atoms with Gasteiger partial charge in [0.25, 0.3) is 0 Å². The monoisotopic (exact) mass is 347 g/mol. The second-order valence-corrected chi connectivity index (χ2v) is 5.55. The normalized spacial score (nSPS) is 10.2. The topological polar surface area (TPSA) is 90.3 Å². The molecule has 0 saturated heterocycles. The molecule has 0 aliphatic heterocycles. The molecule has 2 N–H and O–H groups in total. The van der Waals surface area contributed by atoms with Crippen LogP contribution in [0.4, 0.5) is 5.69 Å². The molecule has 6 nitrogen and oxygen atoms in total. The molecule has 0 saturated carbocycles. The summed E-state index contributed by atoms with van der Waals surface area (Å²) in [5, 5.41) is 9.21. The van der Waals surface area contributed by atoms with Crippen LogP contribution < -0.4 is 10.5 Å². The number of anilines is 1. The van der Waals surface area contributed by atoms with Gasteiger partial charge in [-0.2, -0.15) is 5.26 Å². The first kappa shape index (κ1) is 17.1. The Bertz CT molecular complexity index is 972. The van der Waals surface area contributed by atoms with Crippen LogP contribution in [0, 0.1) is 11.3 Å². The average molecular weight is 347 g/mol. The maximum absolute atomic E-state index is 12.1. The predicted molar refractivity (Wildman–Crippen MR) is 97.0 cm³/mol. The van der Waals surface area contributed by atoms with Crippen LogP contribution in [-0.2, 0) is 11.3 Å². The van der Waals surface area contributed by atoms with Crippen LogP contribution in [0.2, 0.25) is 0 Å². The average Bonchev–Trinajstić information content (AvgIpc) is 3.03. The van der Waals surface area contributed by atoms with E-state index in [1.54, 1.807) is 4.57 Å². The number of hydrogen-bond donors (Lipinski definition) is 1. The van der Waals surface area contributed by atoms with Crippen molar-refractivity contribution in [3.05, 3.63) is 77.6 Å². The highest BCUT2D eigenvalue weighted by atomic mass is 16.5. The van der Waals surface area contributed by atoms with E-state index in [9.17, 15) is 10.1 Å². The SMILES string of the molecule is COC(=O)c1c(N)c(C#N)cn1-c1cccc(COc2ccccc2)c1. The molecule has 0 aliphatic carbocycles. The number of nitrogens with two attached hydrogens (primary N) is 1. The number of methoxy groups -OCH3 is 1. The zero-order valence-corrected chi connectivity index (χ0v) is 14.2. The molecule has 0 amide bonds. The Balaban J connectivity index is 1.93. The zero-order chi connectivity index (χ0) is 18.5. The van der Waals surface area contributed by atoms with Gasteiger partial charge in [0, 0.05) is 11.9 Å². The number of nitrogens with zero attached hydrogens (tertiary/aromatic N) is 2. The summed E-state index contributed by atoms with van der Waals surface area (Å²) >= 11 is 0. The molecule has 1 heterocycles. The number of carbonyl (C=O) groups excluding carboxylic acids is 1. The fourth-order valence-electron chi connectivity index (χ4n) is 2.60. The van der Waals surface area contributed by atoms with Crippen molar-refractivity contribution in [1.82, 2.24) is 4.57 Å². The van der Waals surface area contributed by atoms with E-state index in [4.69, 9.17) is 15.2 Å². The number of esters is 1. The van der Waals surface area contributed by atoms with Crippen LogP contribution >= 0.6 is 0 Å². The molecule has 1 aromatic heterocycles. The quantitative estimate of drug-likeness (QED) is 0.715. The van der Waals surface area contributed by atoms with E-state index in [-0.39, 0.29) is 16.9 Å². The van der Waals surface area contributed by atoms with E-state index >= 15 is 0 Å². The molecular formula is C20H17N3O3. The lowest BCUT2D eigenvalue weighted by atomic mass is 10.2. The number of hydrogen-bond acceptors (Lipinski definition) is 5. The lowest BCUT2D eigenvalue weighted by Gasteiger charge is -2.11. The molecule has 3 rings (SSSR count). The molecular weight excluding hydrogens is 330 g/mol. The molecule has 0 aliphatic rings. The van der Waals surface area contributed by atoms with E-state index in [1.807, 2.05) is 60.7 Å². The maximum atomic E-state index is 12.1. The first-order valence-electron chi connectivity index (χ1n) is 7.90. The molecule has 0 atom stereocenters. The minimum atomic E-state index is -0.602. The summed E-state index contributed by atoms with van der Waals surface area (Å²) in [5.74, 6) is 0.167. The Kier molecular flexibility index (Phi) is 4.90. The van der Waals surface area contributed by atoms with Crippen LogP contribution in [0.1, 0.15) is 21.6 Å². The Morgan fingerprint density at radius 2 is 1.96 bits per heavy atom. The summed E-state index contributed by atoms with van der Waals surface area (Å²) in [4.78, 5) is 12.1. The van der Waals surface area contributed by atoms with Gasteiger partial charge in [-0.15, -0.1) is 0 Å². The predicted octanol–water partition coefficient (Wildman–Crippen LogP) is 3.30. The molecule has 3 aromatic rings. The third-order valence-electron chi connectivity index (χ3n) is 3.88. The van der Waals surface area contributed by atoms with Gasteiger partial charge in [-0.1, -0.05) is 30.3 Å². The summed E-state index contributed by atoms with van der Waals surface area (Å²) in [6.45, 7) is 0.368. The summed E-state index contributed by atoms with van der Waals surface area (Å²) in [7, 11) is 1.27. The minimum Gasteiger partial charge on any atom is -0.489 e. The van der Waals surface area contributed by atoms with E-state index < -0.39 is 5.97 Å². The number of ether oxygens (including phenoxy) is 2. The van der Waals surface area contributed by atoms with Gasteiger partial charge in [0.05, 0.1) is 18.4 Å². The summed E-state index contributed by atoms with van der Waals surface area (Å²) in [5.41, 5.74) is 7.98. The van der Waals surface area contributed by atoms with Crippen LogP contribution in [0.3, 0.4) is 0 Å². The van der Waals surface area contributed by atoms with Crippen molar-refractivity contribution >= 4 is 11.7 Å². The van der Waals surface area contributed by atoms with Gasteiger partial charge in [0.15, 0.2) is 5.69 Å². The van der Waals surface area contributed by atoms with Gasteiger partial charge in [-0.3, -0.25) is 0 Å². The third-order valence-corrected chi connectivity index (χ3v) is 3.88. The van der Waals surface area contributed by atoms with Gasteiger partial charge in [0.1, 0.15) is 18.4 Å². The van der Waals surface area contributed by atoms with Crippen molar-refractivity contribution in [2.75, 3.05) is 12.8 Å². The first-order chi connectivity index (χ1) is 12.6. The number of benzene rings is 2. The summed E-state index contributed by atoms with van der Waals surface area (Å²) in [6.07, 6.45) is 1.53. The van der Waals surface area contributed by atoms with Crippen molar-refractivity contribution in [2.45, 2.75) is 6.61 Å². The van der Waals surface area contributed by atoms with E-state index in [0.29, 0.717) is 12.3 Å². The van der Waals surface area contributed by atoms with E-state index in [1.165, 1.54) is 13.3 Å². The lowest BCUT2D eigenvalue weighted by Crippen LogP contribution is -2.11. The highest BCUT2D eigenvalue weighted by molar-refractivity contribution is 5.95. The first-order valence-corrected chi connectivity index (χ1v) is 7.90. The van der Waals surface area contributed by atoms with Crippen molar-refractivity contribution < 1.29 is 14.3 Å². The number of rotatable bonds is 5. The fraction of sp³-hybridized carbons (Fsp3) is 0.100. The Hall–Kier alpha value is -3.72. The van der Waals surface area contributed by atoms with Gasteiger partial charge >= 0.3 is 5.97 Å². The molecule has 6 heteroatoms. The Morgan fingerprint density at radius 1 is 1.19 bits per heavy atom. The van der Waals surface area contributed by atoms with Gasteiger partial charge < -0.3 is 19.8 Å². The second-order valence-electron chi connectivity index (χ2n) is 5.55.